The molecule has 1 fully saturated rings. The van der Waals surface area contributed by atoms with E-state index in [1.54, 1.807) is 35.2 Å². The fraction of sp³-hybridized carbons (Fsp3) is 0.316. The SMILES string of the molecule is O=C(COc1ccc(Cl)cc1Br)N1CCN(S(=O)(=O)Cc2ccccc2)CC1. The van der Waals surface area contributed by atoms with Gasteiger partial charge in [0.15, 0.2) is 6.61 Å². The van der Waals surface area contributed by atoms with Gasteiger partial charge < -0.3 is 9.64 Å². The van der Waals surface area contributed by atoms with Crippen molar-refractivity contribution in [3.63, 3.8) is 0 Å². The molecular weight excluding hydrogens is 468 g/mol. The predicted molar refractivity (Wildman–Crippen MR) is 112 cm³/mol. The zero-order valence-corrected chi connectivity index (χ0v) is 18.2. The van der Waals surface area contributed by atoms with Crippen LogP contribution in [0.25, 0.3) is 0 Å². The van der Waals surface area contributed by atoms with E-state index in [1.807, 2.05) is 18.2 Å². The van der Waals surface area contributed by atoms with Gasteiger partial charge >= 0.3 is 0 Å². The van der Waals surface area contributed by atoms with Crippen LogP contribution in [-0.4, -0.2) is 56.3 Å². The monoisotopic (exact) mass is 486 g/mol. The second-order valence-corrected chi connectivity index (χ2v) is 9.64. The first-order chi connectivity index (χ1) is 13.3. The second kappa shape index (κ2) is 9.26. The highest BCUT2D eigenvalue weighted by Crippen LogP contribution is 2.28. The molecule has 0 bridgehead atoms. The molecule has 0 radical (unpaired) electrons. The molecule has 28 heavy (non-hydrogen) atoms. The van der Waals surface area contributed by atoms with Crippen LogP contribution in [0.3, 0.4) is 0 Å². The van der Waals surface area contributed by atoms with Crippen LogP contribution in [-0.2, 0) is 20.6 Å². The van der Waals surface area contributed by atoms with E-state index >= 15 is 0 Å². The van der Waals surface area contributed by atoms with Crippen molar-refractivity contribution in [3.05, 3.63) is 63.6 Å². The van der Waals surface area contributed by atoms with E-state index in [-0.39, 0.29) is 31.4 Å². The topological polar surface area (TPSA) is 66.9 Å². The summed E-state index contributed by atoms with van der Waals surface area (Å²) in [7, 11) is -3.41. The van der Waals surface area contributed by atoms with Gasteiger partial charge in [0, 0.05) is 31.2 Å². The van der Waals surface area contributed by atoms with Gasteiger partial charge in [-0.05, 0) is 39.7 Å². The van der Waals surface area contributed by atoms with Crippen molar-refractivity contribution in [2.75, 3.05) is 32.8 Å². The van der Waals surface area contributed by atoms with Crippen molar-refractivity contribution >= 4 is 43.5 Å². The molecule has 0 spiro atoms. The molecule has 6 nitrogen and oxygen atoms in total. The maximum absolute atomic E-state index is 12.6. The fourth-order valence-corrected chi connectivity index (χ4v) is 5.23. The number of rotatable bonds is 6. The van der Waals surface area contributed by atoms with Crippen LogP contribution in [0.1, 0.15) is 5.56 Å². The number of benzene rings is 2. The highest BCUT2D eigenvalue weighted by molar-refractivity contribution is 9.10. The quantitative estimate of drug-likeness (QED) is 0.628. The van der Waals surface area contributed by atoms with E-state index < -0.39 is 10.0 Å². The number of hydrogen-bond acceptors (Lipinski definition) is 4. The average Bonchev–Trinajstić information content (AvgIpc) is 2.67. The molecule has 1 amide bonds. The highest BCUT2D eigenvalue weighted by atomic mass is 79.9. The van der Waals surface area contributed by atoms with E-state index in [0.717, 1.165) is 5.56 Å². The van der Waals surface area contributed by atoms with E-state index in [9.17, 15) is 13.2 Å². The smallest absolute Gasteiger partial charge is 0.260 e. The maximum atomic E-state index is 12.6. The van der Waals surface area contributed by atoms with Crippen molar-refractivity contribution in [2.45, 2.75) is 5.75 Å². The van der Waals surface area contributed by atoms with Gasteiger partial charge in [0.25, 0.3) is 5.91 Å². The molecule has 9 heteroatoms. The molecule has 0 N–H and O–H groups in total. The third-order valence-electron chi connectivity index (χ3n) is 4.42. The Morgan fingerprint density at radius 3 is 2.39 bits per heavy atom. The lowest BCUT2D eigenvalue weighted by Crippen LogP contribution is -2.51. The molecule has 2 aromatic rings. The Hall–Kier alpha value is -1.61. The summed E-state index contributed by atoms with van der Waals surface area (Å²) in [5.41, 5.74) is 0.753. The highest BCUT2D eigenvalue weighted by Gasteiger charge is 2.29. The minimum Gasteiger partial charge on any atom is -0.483 e. The molecule has 0 saturated carbocycles. The Kier molecular flexibility index (Phi) is 6.98. The number of nitrogens with zero attached hydrogens (tertiary/aromatic N) is 2. The van der Waals surface area contributed by atoms with E-state index in [1.165, 1.54) is 4.31 Å². The molecule has 0 unspecified atom stereocenters. The van der Waals surface area contributed by atoms with Crippen LogP contribution in [0.15, 0.2) is 53.0 Å². The normalized spacial score (nSPS) is 15.4. The summed E-state index contributed by atoms with van der Waals surface area (Å²) in [6.45, 7) is 1.14. The first-order valence-corrected chi connectivity index (χ1v) is 11.5. The van der Waals surface area contributed by atoms with Crippen molar-refractivity contribution in [1.29, 1.82) is 0 Å². The number of sulfonamides is 1. The molecule has 150 valence electrons. The van der Waals surface area contributed by atoms with Gasteiger partial charge in [0.05, 0.1) is 10.2 Å². The minimum absolute atomic E-state index is 0.0323. The van der Waals surface area contributed by atoms with Gasteiger partial charge in [-0.25, -0.2) is 8.42 Å². The largest absolute Gasteiger partial charge is 0.483 e. The summed E-state index contributed by atoms with van der Waals surface area (Å²) >= 11 is 9.23. The average molecular weight is 488 g/mol. The van der Waals surface area contributed by atoms with E-state index in [2.05, 4.69) is 15.9 Å². The van der Waals surface area contributed by atoms with Crippen LogP contribution in [0.4, 0.5) is 0 Å². The summed E-state index contributed by atoms with van der Waals surface area (Å²) in [4.78, 5) is 14.0. The first kappa shape index (κ1) is 21.1. The van der Waals surface area contributed by atoms with Crippen molar-refractivity contribution in [2.24, 2.45) is 0 Å². The zero-order valence-electron chi connectivity index (χ0n) is 15.1. The summed E-state index contributed by atoms with van der Waals surface area (Å²) in [5, 5.41) is 0.568. The fourth-order valence-electron chi connectivity index (χ4n) is 2.91. The summed E-state index contributed by atoms with van der Waals surface area (Å²) in [5.74, 6) is 0.318. The molecule has 0 aliphatic carbocycles. The zero-order chi connectivity index (χ0) is 20.1. The van der Waals surface area contributed by atoms with Crippen LogP contribution in [0.5, 0.6) is 5.75 Å². The molecule has 1 heterocycles. The Morgan fingerprint density at radius 2 is 1.75 bits per heavy atom. The summed E-state index contributed by atoms with van der Waals surface area (Å²) < 4.78 is 32.8. The van der Waals surface area contributed by atoms with Crippen molar-refractivity contribution in [1.82, 2.24) is 9.21 Å². The van der Waals surface area contributed by atoms with Crippen molar-refractivity contribution in [3.8, 4) is 5.75 Å². The van der Waals surface area contributed by atoms with Gasteiger partial charge in [-0.15, -0.1) is 0 Å². The Morgan fingerprint density at radius 1 is 1.07 bits per heavy atom. The number of carbonyl (C=O) groups excluding carboxylic acids is 1. The number of amides is 1. The third-order valence-corrected chi connectivity index (χ3v) is 7.13. The van der Waals surface area contributed by atoms with Crippen molar-refractivity contribution < 1.29 is 17.9 Å². The van der Waals surface area contributed by atoms with Crippen LogP contribution < -0.4 is 4.74 Å². The van der Waals surface area contributed by atoms with Gasteiger partial charge in [-0.3, -0.25) is 4.79 Å². The molecule has 0 aromatic heterocycles. The molecule has 3 rings (SSSR count). The summed E-state index contributed by atoms with van der Waals surface area (Å²) in [6, 6.07) is 14.1. The van der Waals surface area contributed by atoms with E-state index in [0.29, 0.717) is 28.3 Å². The number of halogens is 2. The predicted octanol–water partition coefficient (Wildman–Crippen LogP) is 3.16. The lowest BCUT2D eigenvalue weighted by Gasteiger charge is -2.34. The lowest BCUT2D eigenvalue weighted by atomic mass is 10.2. The van der Waals surface area contributed by atoms with Crippen LogP contribution in [0.2, 0.25) is 5.02 Å². The van der Waals surface area contributed by atoms with Crippen LogP contribution >= 0.6 is 27.5 Å². The lowest BCUT2D eigenvalue weighted by molar-refractivity contribution is -0.134. The Balaban J connectivity index is 1.51. The molecule has 1 saturated heterocycles. The second-order valence-electron chi connectivity index (χ2n) is 6.39. The van der Waals surface area contributed by atoms with Gasteiger partial charge in [0.2, 0.25) is 10.0 Å². The number of ether oxygens (including phenoxy) is 1. The van der Waals surface area contributed by atoms with Gasteiger partial charge in [-0.2, -0.15) is 4.31 Å². The number of hydrogen-bond donors (Lipinski definition) is 0. The maximum Gasteiger partial charge on any atom is 0.260 e. The third kappa shape index (κ3) is 5.47. The minimum atomic E-state index is -3.41. The molecule has 1 aliphatic heterocycles. The van der Waals surface area contributed by atoms with Gasteiger partial charge in [-0.1, -0.05) is 41.9 Å². The molecule has 1 aliphatic rings. The molecule has 2 aromatic carbocycles. The van der Waals surface area contributed by atoms with Gasteiger partial charge in [0.1, 0.15) is 5.75 Å². The van der Waals surface area contributed by atoms with E-state index in [4.69, 9.17) is 16.3 Å². The number of piperazine rings is 1. The molecular formula is C19H20BrClN2O4S. The Bertz CT molecular complexity index is 932. The number of carbonyl (C=O) groups is 1. The standard InChI is InChI=1S/C19H20BrClN2O4S/c20-17-12-16(21)6-7-18(17)27-13-19(24)22-8-10-23(11-9-22)28(25,26)14-15-4-2-1-3-5-15/h1-7,12H,8-11,13-14H2. The molecule has 0 atom stereocenters. The van der Waals surface area contributed by atoms with Crippen LogP contribution in [0, 0.1) is 0 Å². The summed E-state index contributed by atoms with van der Waals surface area (Å²) in [6.07, 6.45) is 0. The first-order valence-electron chi connectivity index (χ1n) is 8.72. The Labute approximate surface area is 178 Å².